The summed E-state index contributed by atoms with van der Waals surface area (Å²) in [6.45, 7) is 0. The molecule has 0 aromatic carbocycles. The van der Waals surface area contributed by atoms with Gasteiger partial charge in [-0.05, 0) is 37.9 Å². The van der Waals surface area contributed by atoms with Gasteiger partial charge in [-0.1, -0.05) is 12.8 Å². The maximum Gasteiger partial charge on any atom is 0.0164 e. The van der Waals surface area contributed by atoms with Crippen LogP contribution >= 0.6 is 11.8 Å². The lowest BCUT2D eigenvalue weighted by atomic mass is 9.92. The molecule has 2 aliphatic rings. The van der Waals surface area contributed by atoms with Crippen molar-refractivity contribution in [3.8, 4) is 0 Å². The van der Waals surface area contributed by atoms with Crippen LogP contribution in [0.4, 0.5) is 0 Å². The highest BCUT2D eigenvalue weighted by Gasteiger charge is 2.33. The third kappa shape index (κ3) is 1.97. The van der Waals surface area contributed by atoms with Crippen LogP contribution in [0.2, 0.25) is 0 Å². The summed E-state index contributed by atoms with van der Waals surface area (Å²) < 4.78 is 0. The van der Waals surface area contributed by atoms with Gasteiger partial charge in [-0.3, -0.25) is 0 Å². The smallest absolute Gasteiger partial charge is 0.0164 e. The Bertz CT molecular complexity index is 146. The third-order valence-corrected chi connectivity index (χ3v) is 4.66. The second-order valence-corrected chi connectivity index (χ2v) is 5.82. The number of hydrogen-bond acceptors (Lipinski definition) is 2. The quantitative estimate of drug-likeness (QED) is 0.715. The zero-order chi connectivity index (χ0) is 8.44. The molecule has 1 saturated heterocycles. The van der Waals surface area contributed by atoms with Crippen LogP contribution in [0.1, 0.15) is 44.9 Å². The summed E-state index contributed by atoms with van der Waals surface area (Å²) >= 11 is 2.15. The summed E-state index contributed by atoms with van der Waals surface area (Å²) in [6, 6.07) is 0. The van der Waals surface area contributed by atoms with E-state index in [1.165, 1.54) is 50.7 Å². The minimum Gasteiger partial charge on any atom is -0.325 e. The van der Waals surface area contributed by atoms with Gasteiger partial charge in [-0.15, -0.1) is 0 Å². The third-order valence-electron chi connectivity index (χ3n) is 3.26. The van der Waals surface area contributed by atoms with Gasteiger partial charge in [0.15, 0.2) is 0 Å². The fraction of sp³-hybridized carbons (Fsp3) is 1.00. The Labute approximate surface area is 79.5 Å². The van der Waals surface area contributed by atoms with Crippen LogP contribution in [-0.2, 0) is 0 Å². The molecule has 1 heterocycles. The Morgan fingerprint density at radius 3 is 2.58 bits per heavy atom. The molecule has 2 fully saturated rings. The fourth-order valence-corrected chi connectivity index (χ4v) is 3.99. The van der Waals surface area contributed by atoms with Crippen LogP contribution in [0.3, 0.4) is 0 Å². The van der Waals surface area contributed by atoms with Crippen molar-refractivity contribution in [2.45, 2.75) is 55.7 Å². The summed E-state index contributed by atoms with van der Waals surface area (Å²) in [5.74, 6) is 1.38. The first kappa shape index (κ1) is 8.89. The topological polar surface area (TPSA) is 26.0 Å². The molecule has 2 N–H and O–H groups in total. The average molecular weight is 185 g/mol. The van der Waals surface area contributed by atoms with Gasteiger partial charge in [0.1, 0.15) is 0 Å². The molecule has 0 spiro atoms. The summed E-state index contributed by atoms with van der Waals surface area (Å²) in [7, 11) is 0. The highest BCUT2D eigenvalue weighted by atomic mass is 32.2. The normalized spacial score (nSPS) is 34.2. The molecule has 1 aliphatic carbocycles. The van der Waals surface area contributed by atoms with E-state index in [0.717, 1.165) is 5.25 Å². The van der Waals surface area contributed by atoms with E-state index in [2.05, 4.69) is 11.8 Å². The standard InChI is InChI=1S/C10H19NS/c11-10(5-1-2-6-10)8-9-4-3-7-12-9/h9H,1-8,11H2. The van der Waals surface area contributed by atoms with Crippen LogP contribution < -0.4 is 5.73 Å². The lowest BCUT2D eigenvalue weighted by Gasteiger charge is -2.26. The predicted molar refractivity (Wildman–Crippen MR) is 55.5 cm³/mol. The van der Waals surface area contributed by atoms with Crippen LogP contribution in [0, 0.1) is 0 Å². The molecule has 0 aromatic heterocycles. The van der Waals surface area contributed by atoms with E-state index >= 15 is 0 Å². The van der Waals surface area contributed by atoms with E-state index in [1.54, 1.807) is 0 Å². The van der Waals surface area contributed by atoms with Crippen molar-refractivity contribution in [1.29, 1.82) is 0 Å². The van der Waals surface area contributed by atoms with Crippen molar-refractivity contribution in [2.75, 3.05) is 5.75 Å². The maximum atomic E-state index is 6.33. The van der Waals surface area contributed by atoms with Crippen molar-refractivity contribution in [3.63, 3.8) is 0 Å². The second kappa shape index (κ2) is 3.59. The summed E-state index contributed by atoms with van der Waals surface area (Å²) in [5.41, 5.74) is 6.56. The molecular weight excluding hydrogens is 166 g/mol. The molecule has 1 unspecified atom stereocenters. The molecule has 0 amide bonds. The van der Waals surface area contributed by atoms with Crippen LogP contribution in [0.25, 0.3) is 0 Å². The number of thioether (sulfide) groups is 1. The van der Waals surface area contributed by atoms with Crippen molar-refractivity contribution in [1.82, 2.24) is 0 Å². The van der Waals surface area contributed by atoms with Crippen LogP contribution in [0.15, 0.2) is 0 Å². The minimum atomic E-state index is 0.238. The first-order chi connectivity index (χ1) is 5.79. The molecule has 1 saturated carbocycles. The van der Waals surface area contributed by atoms with E-state index < -0.39 is 0 Å². The highest BCUT2D eigenvalue weighted by molar-refractivity contribution is 8.00. The number of hydrogen-bond donors (Lipinski definition) is 1. The van der Waals surface area contributed by atoms with Crippen molar-refractivity contribution in [3.05, 3.63) is 0 Å². The van der Waals surface area contributed by atoms with Gasteiger partial charge in [-0.2, -0.15) is 11.8 Å². The van der Waals surface area contributed by atoms with E-state index in [0.29, 0.717) is 0 Å². The van der Waals surface area contributed by atoms with Gasteiger partial charge in [0, 0.05) is 10.8 Å². The van der Waals surface area contributed by atoms with Crippen molar-refractivity contribution >= 4 is 11.8 Å². The van der Waals surface area contributed by atoms with Gasteiger partial charge in [0.2, 0.25) is 0 Å². The summed E-state index contributed by atoms with van der Waals surface area (Å²) in [5, 5.41) is 0.896. The monoisotopic (exact) mass is 185 g/mol. The number of rotatable bonds is 2. The maximum absolute atomic E-state index is 6.33. The molecular formula is C10H19NS. The molecule has 12 heavy (non-hydrogen) atoms. The number of nitrogens with two attached hydrogens (primary N) is 1. The average Bonchev–Trinajstić information content (AvgIpc) is 2.62. The van der Waals surface area contributed by atoms with E-state index in [4.69, 9.17) is 5.73 Å². The van der Waals surface area contributed by atoms with Gasteiger partial charge in [0.25, 0.3) is 0 Å². The van der Waals surface area contributed by atoms with E-state index in [9.17, 15) is 0 Å². The predicted octanol–water partition coefficient (Wildman–Crippen LogP) is 2.54. The molecule has 2 heteroatoms. The zero-order valence-electron chi connectivity index (χ0n) is 7.72. The lowest BCUT2D eigenvalue weighted by Crippen LogP contribution is -2.38. The Kier molecular flexibility index (Phi) is 2.66. The Morgan fingerprint density at radius 1 is 1.25 bits per heavy atom. The molecule has 1 atom stereocenters. The van der Waals surface area contributed by atoms with Gasteiger partial charge in [-0.25, -0.2) is 0 Å². The Morgan fingerprint density at radius 2 is 2.00 bits per heavy atom. The summed E-state index contributed by atoms with van der Waals surface area (Å²) in [6.07, 6.45) is 9.43. The molecule has 0 aromatic rings. The first-order valence-electron chi connectivity index (χ1n) is 5.19. The molecule has 1 nitrogen and oxygen atoms in total. The Hall–Kier alpha value is 0.310. The summed E-state index contributed by atoms with van der Waals surface area (Å²) in [4.78, 5) is 0. The first-order valence-corrected chi connectivity index (χ1v) is 6.24. The van der Waals surface area contributed by atoms with Gasteiger partial charge in [0.05, 0.1) is 0 Å². The van der Waals surface area contributed by atoms with Crippen molar-refractivity contribution in [2.24, 2.45) is 5.73 Å². The highest BCUT2D eigenvalue weighted by Crippen LogP contribution is 2.38. The molecule has 70 valence electrons. The van der Waals surface area contributed by atoms with E-state index in [1.807, 2.05) is 0 Å². The molecule has 0 radical (unpaired) electrons. The molecule has 0 bridgehead atoms. The van der Waals surface area contributed by atoms with Crippen LogP contribution in [0.5, 0.6) is 0 Å². The Balaban J connectivity index is 1.83. The van der Waals surface area contributed by atoms with Gasteiger partial charge >= 0.3 is 0 Å². The van der Waals surface area contributed by atoms with Crippen LogP contribution in [-0.4, -0.2) is 16.5 Å². The molecule has 1 aliphatic heterocycles. The molecule has 2 rings (SSSR count). The second-order valence-electron chi connectivity index (χ2n) is 4.41. The van der Waals surface area contributed by atoms with Crippen molar-refractivity contribution < 1.29 is 0 Å². The largest absolute Gasteiger partial charge is 0.325 e. The van der Waals surface area contributed by atoms with E-state index in [-0.39, 0.29) is 5.54 Å². The SMILES string of the molecule is NC1(CC2CCCS2)CCCC1. The fourth-order valence-electron chi connectivity index (χ4n) is 2.54. The zero-order valence-corrected chi connectivity index (χ0v) is 8.54. The lowest BCUT2D eigenvalue weighted by molar-refractivity contribution is 0.397. The minimum absolute atomic E-state index is 0.238. The van der Waals surface area contributed by atoms with Gasteiger partial charge < -0.3 is 5.73 Å².